The van der Waals surface area contributed by atoms with Crippen molar-refractivity contribution in [2.75, 3.05) is 24.3 Å². The summed E-state index contributed by atoms with van der Waals surface area (Å²) in [7, 11) is 2.94. The van der Waals surface area contributed by atoms with Crippen LogP contribution in [0.1, 0.15) is 5.69 Å². The molecule has 2 aromatic heterocycles. The molecule has 0 aliphatic carbocycles. The number of anilines is 1. The first kappa shape index (κ1) is 23.5. The van der Waals surface area contributed by atoms with Crippen molar-refractivity contribution in [1.29, 1.82) is 0 Å². The molecule has 2 atom stereocenters. The number of amides is 2. The molecule has 1 saturated heterocycles. The minimum absolute atomic E-state index is 0.0924. The van der Waals surface area contributed by atoms with E-state index < -0.39 is 29.2 Å². The molecule has 4 heterocycles. The lowest BCUT2D eigenvalue weighted by Crippen LogP contribution is -2.71. The molecule has 2 aromatic rings. The number of carboxylic acid groups (broad SMARTS) is 1. The molecule has 2 amide bonds. The topological polar surface area (TPSA) is 191 Å². The molecule has 0 spiro atoms. The van der Waals surface area contributed by atoms with Crippen molar-refractivity contribution in [2.24, 2.45) is 12.2 Å². The number of nitrogens with zero attached hydrogens (tertiary/aromatic N) is 7. The van der Waals surface area contributed by atoms with Gasteiger partial charge in [-0.15, -0.1) is 16.9 Å². The lowest BCUT2D eigenvalue weighted by Gasteiger charge is -2.49. The van der Waals surface area contributed by atoms with E-state index in [1.54, 1.807) is 19.2 Å². The van der Waals surface area contributed by atoms with E-state index in [9.17, 15) is 19.5 Å². The summed E-state index contributed by atoms with van der Waals surface area (Å²) in [6.45, 7) is 0. The van der Waals surface area contributed by atoms with Gasteiger partial charge in [0.15, 0.2) is 5.71 Å². The summed E-state index contributed by atoms with van der Waals surface area (Å²) in [5.41, 5.74) is 6.16. The minimum atomic E-state index is -1.22. The van der Waals surface area contributed by atoms with Gasteiger partial charge in [0.05, 0.1) is 0 Å². The van der Waals surface area contributed by atoms with E-state index in [-0.39, 0.29) is 22.9 Å². The van der Waals surface area contributed by atoms with Gasteiger partial charge in [-0.05, 0) is 28.1 Å². The van der Waals surface area contributed by atoms with Gasteiger partial charge >= 0.3 is 5.97 Å². The molecule has 1 fully saturated rings. The van der Waals surface area contributed by atoms with Crippen LogP contribution in [0, 0.1) is 0 Å². The fraction of sp³-hybridized carbons (Fsp3) is 0.333. The number of nitrogens with two attached hydrogens (primary N) is 1. The number of aryl methyl sites for hydroxylation is 1. The van der Waals surface area contributed by atoms with Gasteiger partial charge < -0.3 is 21.0 Å². The van der Waals surface area contributed by atoms with Gasteiger partial charge in [-0.2, -0.15) is 0 Å². The SMILES string of the molecule is CON=C(C(=O)NC1C(=O)N2C(C(=O)O)=C(CSc3nnnn3C)CS[C@@H]12)c1cccc(N)n1. The molecule has 1 unspecified atom stereocenters. The third-order valence-electron chi connectivity index (χ3n) is 4.90. The number of β-lactam (4-membered cyclic amide) rings is 1. The monoisotopic (exact) mass is 505 g/mol. The Kier molecular flexibility index (Phi) is 6.69. The highest BCUT2D eigenvalue weighted by Crippen LogP contribution is 2.41. The first-order valence-electron chi connectivity index (χ1n) is 9.72. The number of aromatic nitrogens is 5. The van der Waals surface area contributed by atoms with Gasteiger partial charge in [-0.3, -0.25) is 14.5 Å². The molecule has 14 nitrogen and oxygen atoms in total. The van der Waals surface area contributed by atoms with Gasteiger partial charge in [0.25, 0.3) is 11.8 Å². The Labute approximate surface area is 201 Å². The first-order chi connectivity index (χ1) is 16.3. The Balaban J connectivity index is 1.50. The van der Waals surface area contributed by atoms with E-state index in [0.717, 1.165) is 0 Å². The van der Waals surface area contributed by atoms with E-state index in [1.807, 2.05) is 0 Å². The number of aliphatic carboxylic acids is 1. The highest BCUT2D eigenvalue weighted by Gasteiger charge is 2.54. The molecule has 34 heavy (non-hydrogen) atoms. The first-order valence-corrected chi connectivity index (χ1v) is 11.7. The fourth-order valence-electron chi connectivity index (χ4n) is 3.38. The van der Waals surface area contributed by atoms with Crippen molar-refractivity contribution in [2.45, 2.75) is 16.6 Å². The predicted octanol–water partition coefficient (Wildman–Crippen LogP) is -0.931. The molecular formula is C18H19N9O5S2. The Morgan fingerprint density at radius 3 is 2.88 bits per heavy atom. The average Bonchev–Trinajstić information content (AvgIpc) is 3.23. The van der Waals surface area contributed by atoms with Crippen LogP contribution in [-0.2, 0) is 26.3 Å². The van der Waals surface area contributed by atoms with Gasteiger partial charge in [-0.25, -0.2) is 14.5 Å². The molecule has 2 aliphatic heterocycles. The van der Waals surface area contributed by atoms with E-state index >= 15 is 0 Å². The second-order valence-electron chi connectivity index (χ2n) is 7.06. The number of oxime groups is 1. The number of thioether (sulfide) groups is 2. The second-order valence-corrected chi connectivity index (χ2v) is 9.11. The standard InChI is InChI=1S/C18H19N9O5S2/c1-26-18(22-24-25-26)34-7-8-6-33-16-12(15(29)27(16)13(8)17(30)31)21-14(28)11(23-32-2)9-4-3-5-10(19)20-9/h3-5,12,16H,6-7H2,1-2H3,(H2,19,20)(H,21,28)(H,30,31)/t12?,16-/m0/s1. The Bertz CT molecular complexity index is 1210. The van der Waals surface area contributed by atoms with E-state index in [0.29, 0.717) is 22.2 Å². The Hall–Kier alpha value is -3.66. The fourth-order valence-corrected chi connectivity index (χ4v) is 5.71. The summed E-state index contributed by atoms with van der Waals surface area (Å²) in [6, 6.07) is 3.74. The second kappa shape index (κ2) is 9.68. The highest BCUT2D eigenvalue weighted by molar-refractivity contribution is 8.01. The maximum absolute atomic E-state index is 12.9. The number of carbonyl (C=O) groups is 3. The maximum atomic E-state index is 12.9. The number of tetrazole rings is 1. The molecule has 0 aromatic carbocycles. The summed E-state index contributed by atoms with van der Waals surface area (Å²) in [4.78, 5) is 47.8. The van der Waals surface area contributed by atoms with Crippen molar-refractivity contribution in [3.8, 4) is 0 Å². The van der Waals surface area contributed by atoms with Crippen LogP contribution < -0.4 is 11.1 Å². The van der Waals surface area contributed by atoms with Crippen LogP contribution in [0.15, 0.2) is 39.8 Å². The molecule has 0 radical (unpaired) electrons. The average molecular weight is 506 g/mol. The molecule has 4 rings (SSSR count). The van der Waals surface area contributed by atoms with E-state index in [4.69, 9.17) is 10.6 Å². The Morgan fingerprint density at radius 1 is 1.44 bits per heavy atom. The van der Waals surface area contributed by atoms with Gasteiger partial charge in [0, 0.05) is 18.6 Å². The van der Waals surface area contributed by atoms with Crippen LogP contribution in [0.3, 0.4) is 0 Å². The van der Waals surface area contributed by atoms with Crippen LogP contribution in [0.4, 0.5) is 5.82 Å². The molecule has 0 saturated carbocycles. The summed E-state index contributed by atoms with van der Waals surface area (Å²) < 4.78 is 1.47. The predicted molar refractivity (Wildman–Crippen MR) is 121 cm³/mol. The lowest BCUT2D eigenvalue weighted by molar-refractivity contribution is -0.150. The van der Waals surface area contributed by atoms with Crippen LogP contribution in [0.2, 0.25) is 0 Å². The van der Waals surface area contributed by atoms with Crippen molar-refractivity contribution in [1.82, 2.24) is 35.4 Å². The molecule has 2 aliphatic rings. The van der Waals surface area contributed by atoms with E-state index in [2.05, 4.69) is 31.0 Å². The third-order valence-corrected chi connectivity index (χ3v) is 7.34. The zero-order chi connectivity index (χ0) is 24.4. The summed E-state index contributed by atoms with van der Waals surface area (Å²) in [6.07, 6.45) is 0. The van der Waals surface area contributed by atoms with Crippen molar-refractivity contribution < 1.29 is 24.3 Å². The number of nitrogen functional groups attached to an aromatic ring is 1. The van der Waals surface area contributed by atoms with Crippen LogP contribution in [0.25, 0.3) is 0 Å². The largest absolute Gasteiger partial charge is 0.477 e. The van der Waals surface area contributed by atoms with Crippen molar-refractivity contribution in [3.05, 3.63) is 35.2 Å². The van der Waals surface area contributed by atoms with Crippen LogP contribution in [-0.4, -0.2) is 88.7 Å². The number of hydrogen-bond donors (Lipinski definition) is 3. The quantitative estimate of drug-likeness (QED) is 0.173. The third kappa shape index (κ3) is 4.41. The van der Waals surface area contributed by atoms with Crippen molar-refractivity contribution in [3.63, 3.8) is 0 Å². The maximum Gasteiger partial charge on any atom is 0.352 e. The molecule has 16 heteroatoms. The minimum Gasteiger partial charge on any atom is -0.477 e. The highest BCUT2D eigenvalue weighted by atomic mass is 32.2. The Morgan fingerprint density at radius 2 is 2.24 bits per heavy atom. The molecule has 4 N–H and O–H groups in total. The van der Waals surface area contributed by atoms with Crippen molar-refractivity contribution >= 4 is 52.8 Å². The summed E-state index contributed by atoms with van der Waals surface area (Å²) in [5.74, 6) is -1.63. The molecule has 0 bridgehead atoms. The number of nitrogens with one attached hydrogen (secondary N) is 1. The number of rotatable bonds is 8. The molecule has 178 valence electrons. The lowest BCUT2D eigenvalue weighted by atomic mass is 10.0. The van der Waals surface area contributed by atoms with Gasteiger partial charge in [0.1, 0.15) is 35.7 Å². The smallest absolute Gasteiger partial charge is 0.352 e. The summed E-state index contributed by atoms with van der Waals surface area (Å²) >= 11 is 2.62. The van der Waals surface area contributed by atoms with E-state index in [1.165, 1.54) is 46.3 Å². The number of fused-ring (bicyclic) bond motifs is 1. The number of hydrogen-bond acceptors (Lipinski definition) is 12. The number of pyridine rings is 1. The van der Waals surface area contributed by atoms with Gasteiger partial charge in [0.2, 0.25) is 5.16 Å². The zero-order valence-corrected chi connectivity index (χ0v) is 19.5. The van der Waals surface area contributed by atoms with Crippen LogP contribution in [0.5, 0.6) is 0 Å². The van der Waals surface area contributed by atoms with Gasteiger partial charge in [-0.1, -0.05) is 23.0 Å². The molecular weight excluding hydrogens is 486 g/mol. The number of carboxylic acids is 1. The van der Waals surface area contributed by atoms with Crippen LogP contribution >= 0.6 is 23.5 Å². The number of carbonyl (C=O) groups excluding carboxylic acids is 2. The summed E-state index contributed by atoms with van der Waals surface area (Å²) in [5, 5.41) is 27.2. The zero-order valence-electron chi connectivity index (χ0n) is 17.9. The normalized spacial score (nSPS) is 20.0.